The first-order valence-electron chi connectivity index (χ1n) is 10.1. The largest absolute Gasteiger partial charge is 0.289 e. The van der Waals surface area contributed by atoms with E-state index >= 15 is 0 Å². The van der Waals surface area contributed by atoms with Gasteiger partial charge in [0.15, 0.2) is 11.6 Å². The zero-order chi connectivity index (χ0) is 21.2. The monoisotopic (exact) mass is 376 g/mol. The minimum atomic E-state index is -0.103. The van der Waals surface area contributed by atoms with Crippen molar-refractivity contribution in [2.75, 3.05) is 0 Å². The molecule has 1 aliphatic carbocycles. The Morgan fingerprint density at radius 1 is 0.571 bits per heavy atom. The normalized spacial score (nSPS) is 15.3. The average Bonchev–Trinajstić information content (AvgIpc) is 2.52. The first-order valence-corrected chi connectivity index (χ1v) is 10.1. The lowest BCUT2D eigenvalue weighted by Gasteiger charge is -2.37. The van der Waals surface area contributed by atoms with Gasteiger partial charge in [0.1, 0.15) is 0 Å². The van der Waals surface area contributed by atoms with Gasteiger partial charge in [-0.1, -0.05) is 68.4 Å². The maximum absolute atomic E-state index is 12.5. The van der Waals surface area contributed by atoms with Gasteiger partial charge in [0.2, 0.25) is 0 Å². The van der Waals surface area contributed by atoms with Gasteiger partial charge in [0, 0.05) is 11.1 Å². The van der Waals surface area contributed by atoms with Crippen LogP contribution in [0.2, 0.25) is 0 Å². The second-order valence-electron chi connectivity index (χ2n) is 11.1. The molecule has 2 heteroatoms. The molecule has 0 bridgehead atoms. The van der Waals surface area contributed by atoms with Crippen LogP contribution in [0.5, 0.6) is 0 Å². The quantitative estimate of drug-likeness (QED) is 0.515. The van der Waals surface area contributed by atoms with Gasteiger partial charge >= 0.3 is 0 Å². The smallest absolute Gasteiger partial charge is 0.186 e. The van der Waals surface area contributed by atoms with E-state index in [0.29, 0.717) is 11.1 Å². The van der Waals surface area contributed by atoms with E-state index in [1.807, 2.05) is 12.1 Å². The number of hydrogen-bond donors (Lipinski definition) is 0. The highest BCUT2D eigenvalue weighted by atomic mass is 16.1. The summed E-state index contributed by atoms with van der Waals surface area (Å²) in [5.41, 5.74) is 4.79. The third-order valence-corrected chi connectivity index (χ3v) is 5.50. The maximum atomic E-state index is 12.5. The summed E-state index contributed by atoms with van der Waals surface area (Å²) in [5.74, 6) is -0.181. The molecule has 3 rings (SSSR count). The van der Waals surface area contributed by atoms with E-state index < -0.39 is 0 Å². The molecule has 148 valence electrons. The predicted molar refractivity (Wildman–Crippen MR) is 118 cm³/mol. The maximum Gasteiger partial charge on any atom is 0.186 e. The summed E-state index contributed by atoms with van der Waals surface area (Å²) < 4.78 is 0. The number of carbonyl (C=O) groups is 2. The van der Waals surface area contributed by atoms with E-state index in [-0.39, 0.29) is 27.8 Å². The van der Waals surface area contributed by atoms with Gasteiger partial charge < -0.3 is 0 Å². The molecule has 0 saturated heterocycles. The lowest BCUT2D eigenvalue weighted by atomic mass is 9.67. The molecule has 0 aromatic heterocycles. The van der Waals surface area contributed by atoms with Gasteiger partial charge in [0.05, 0.1) is 0 Å². The zero-order valence-electron chi connectivity index (χ0n) is 18.7. The number of benzene rings is 2. The van der Waals surface area contributed by atoms with Crippen molar-refractivity contribution >= 4 is 22.3 Å². The lowest BCUT2D eigenvalue weighted by molar-refractivity contribution is 0.0994. The Morgan fingerprint density at radius 2 is 1.04 bits per heavy atom. The van der Waals surface area contributed by atoms with Crippen molar-refractivity contribution in [2.45, 2.75) is 78.6 Å². The first-order chi connectivity index (χ1) is 12.6. The molecule has 0 radical (unpaired) electrons. The Hall–Kier alpha value is -2.22. The van der Waals surface area contributed by atoms with E-state index in [0.717, 1.165) is 10.8 Å². The van der Waals surface area contributed by atoms with E-state index in [9.17, 15) is 9.59 Å². The van der Waals surface area contributed by atoms with Crippen LogP contribution in [-0.4, -0.2) is 11.6 Å². The molecule has 0 saturated carbocycles. The summed E-state index contributed by atoms with van der Waals surface area (Å²) in [6.07, 6.45) is 2.77. The fourth-order valence-corrected chi connectivity index (χ4v) is 4.34. The van der Waals surface area contributed by atoms with Crippen LogP contribution in [0.4, 0.5) is 0 Å². The van der Waals surface area contributed by atoms with Gasteiger partial charge in [-0.3, -0.25) is 9.59 Å². The summed E-state index contributed by atoms with van der Waals surface area (Å²) in [5, 5.41) is 2.12. The Morgan fingerprint density at radius 3 is 1.46 bits per heavy atom. The van der Waals surface area contributed by atoms with Crippen LogP contribution in [-0.2, 0) is 16.2 Å². The summed E-state index contributed by atoms with van der Waals surface area (Å²) in [7, 11) is 0. The van der Waals surface area contributed by atoms with E-state index in [2.05, 4.69) is 68.4 Å². The number of ketones is 2. The van der Waals surface area contributed by atoms with E-state index in [4.69, 9.17) is 0 Å². The third-order valence-electron chi connectivity index (χ3n) is 5.50. The van der Waals surface area contributed by atoms with E-state index in [1.54, 1.807) is 0 Å². The fourth-order valence-electron chi connectivity index (χ4n) is 4.34. The summed E-state index contributed by atoms with van der Waals surface area (Å²) in [6, 6.07) is 6.11. The summed E-state index contributed by atoms with van der Waals surface area (Å²) in [6.45, 7) is 20.2. The number of carbonyl (C=O) groups excluding carboxylic acids is 2. The van der Waals surface area contributed by atoms with Crippen LogP contribution < -0.4 is 0 Å². The molecular formula is C26H32O2. The summed E-state index contributed by atoms with van der Waals surface area (Å²) >= 11 is 0. The molecule has 1 aliphatic rings. The molecule has 0 amide bonds. The van der Waals surface area contributed by atoms with Crippen molar-refractivity contribution in [1.29, 1.82) is 0 Å². The molecule has 0 aliphatic heterocycles. The van der Waals surface area contributed by atoms with E-state index in [1.165, 1.54) is 28.8 Å². The van der Waals surface area contributed by atoms with Crippen LogP contribution in [0.3, 0.4) is 0 Å². The Balaban J connectivity index is 2.59. The minimum absolute atomic E-state index is 0.0353. The molecule has 28 heavy (non-hydrogen) atoms. The molecule has 2 aromatic rings. The predicted octanol–water partition coefficient (Wildman–Crippen LogP) is 6.67. The number of fused-ring (bicyclic) bond motifs is 2. The fraction of sp³-hybridized carbons (Fsp3) is 0.462. The molecule has 0 heterocycles. The highest BCUT2D eigenvalue weighted by Crippen LogP contribution is 2.45. The Bertz CT molecular complexity index is 1030. The number of hydrogen-bond acceptors (Lipinski definition) is 2. The Kier molecular flexibility index (Phi) is 4.50. The number of rotatable bonds is 0. The molecule has 0 unspecified atom stereocenters. The topological polar surface area (TPSA) is 34.1 Å². The zero-order valence-corrected chi connectivity index (χ0v) is 18.7. The highest BCUT2D eigenvalue weighted by Gasteiger charge is 2.34. The van der Waals surface area contributed by atoms with Crippen molar-refractivity contribution in [2.24, 2.45) is 0 Å². The van der Waals surface area contributed by atoms with Crippen LogP contribution in [0.1, 0.15) is 99.7 Å². The van der Waals surface area contributed by atoms with Crippen molar-refractivity contribution in [3.8, 4) is 0 Å². The van der Waals surface area contributed by atoms with Crippen LogP contribution in [0.25, 0.3) is 10.8 Å². The standard InChI is InChI=1S/C26H32O2/c1-24(2,3)19-13-15-12-17-18(21(28)11-10-20(17)27)14-16(15)22(25(4,5)6)23(19)26(7,8)9/h10-14H,1-9H3. The Labute approximate surface area is 169 Å². The van der Waals surface area contributed by atoms with Gasteiger partial charge in [-0.15, -0.1) is 0 Å². The molecule has 2 aromatic carbocycles. The molecule has 2 nitrogen and oxygen atoms in total. The first kappa shape index (κ1) is 20.5. The molecule has 0 fully saturated rings. The lowest BCUT2D eigenvalue weighted by Crippen LogP contribution is -2.28. The van der Waals surface area contributed by atoms with Crippen molar-refractivity contribution < 1.29 is 9.59 Å². The number of allylic oxidation sites excluding steroid dienone is 2. The van der Waals surface area contributed by atoms with Gasteiger partial charge in [-0.05, 0) is 68.0 Å². The van der Waals surface area contributed by atoms with Gasteiger partial charge in [-0.2, -0.15) is 0 Å². The van der Waals surface area contributed by atoms with Crippen molar-refractivity contribution in [3.05, 3.63) is 58.2 Å². The van der Waals surface area contributed by atoms with Crippen LogP contribution in [0, 0.1) is 0 Å². The minimum Gasteiger partial charge on any atom is -0.289 e. The third kappa shape index (κ3) is 3.34. The van der Waals surface area contributed by atoms with Crippen LogP contribution in [0.15, 0.2) is 30.4 Å². The second kappa shape index (κ2) is 6.14. The molecule has 0 N–H and O–H groups in total. The average molecular weight is 377 g/mol. The van der Waals surface area contributed by atoms with Gasteiger partial charge in [-0.25, -0.2) is 0 Å². The van der Waals surface area contributed by atoms with Crippen molar-refractivity contribution in [3.63, 3.8) is 0 Å². The van der Waals surface area contributed by atoms with Gasteiger partial charge in [0.25, 0.3) is 0 Å². The summed E-state index contributed by atoms with van der Waals surface area (Å²) in [4.78, 5) is 24.9. The second-order valence-corrected chi connectivity index (χ2v) is 11.1. The molecule has 0 spiro atoms. The highest BCUT2D eigenvalue weighted by molar-refractivity contribution is 6.23. The molecular weight excluding hydrogens is 344 g/mol. The van der Waals surface area contributed by atoms with Crippen molar-refractivity contribution in [1.82, 2.24) is 0 Å². The van der Waals surface area contributed by atoms with Crippen LogP contribution >= 0.6 is 0 Å². The SMILES string of the molecule is CC(C)(C)c1cc2cc3c(cc2c(C(C)(C)C)c1C(C)(C)C)C(=O)C=CC3=O. The molecule has 0 atom stereocenters.